The molecule has 5 N–H and O–H groups in total. The van der Waals surface area contributed by atoms with Crippen LogP contribution in [-0.4, -0.2) is 52.3 Å². The molecule has 5 heteroatoms. The molecule has 1 saturated heterocycles. The number of aliphatic hydroxyl groups is 2. The van der Waals surface area contributed by atoms with Crippen molar-refractivity contribution in [3.05, 3.63) is 0 Å². The molecule has 2 atom stereocenters. The molecule has 1 aliphatic rings. The molecule has 0 aromatic carbocycles. The van der Waals surface area contributed by atoms with Crippen molar-refractivity contribution in [3.63, 3.8) is 0 Å². The Labute approximate surface area is 77.7 Å². The molecule has 1 fully saturated rings. The summed E-state index contributed by atoms with van der Waals surface area (Å²) in [5.41, 5.74) is 4.35. The third-order valence-electron chi connectivity index (χ3n) is 2.65. The minimum absolute atomic E-state index is 0.0992. The molecule has 13 heavy (non-hydrogen) atoms. The lowest BCUT2D eigenvalue weighted by Crippen LogP contribution is -2.44. The molecule has 0 aromatic rings. The van der Waals surface area contributed by atoms with Crippen molar-refractivity contribution in [2.45, 2.75) is 25.0 Å². The van der Waals surface area contributed by atoms with Gasteiger partial charge < -0.3 is 15.9 Å². The van der Waals surface area contributed by atoms with E-state index in [4.69, 9.17) is 16.2 Å². The largest absolute Gasteiger partial charge is 0.393 e. The smallest absolute Gasteiger partial charge is 0.108 e. The second kappa shape index (κ2) is 3.61. The molecule has 0 spiro atoms. The highest BCUT2D eigenvalue weighted by molar-refractivity contribution is 5.82. The van der Waals surface area contributed by atoms with Crippen LogP contribution in [0.5, 0.6) is 0 Å². The van der Waals surface area contributed by atoms with Crippen molar-refractivity contribution in [2.75, 3.05) is 19.7 Å². The van der Waals surface area contributed by atoms with Gasteiger partial charge in [0.1, 0.15) is 11.4 Å². The van der Waals surface area contributed by atoms with Gasteiger partial charge in [0.05, 0.1) is 12.6 Å². The van der Waals surface area contributed by atoms with Crippen LogP contribution in [0, 0.1) is 5.41 Å². The van der Waals surface area contributed by atoms with Gasteiger partial charge in [-0.25, -0.2) is 0 Å². The van der Waals surface area contributed by atoms with Crippen LogP contribution in [0.1, 0.15) is 13.3 Å². The van der Waals surface area contributed by atoms with Crippen LogP contribution in [0.3, 0.4) is 0 Å². The second-order valence-electron chi connectivity index (χ2n) is 3.73. The Morgan fingerprint density at radius 3 is 2.77 bits per heavy atom. The summed E-state index contributed by atoms with van der Waals surface area (Å²) >= 11 is 0. The van der Waals surface area contributed by atoms with E-state index >= 15 is 0 Å². The molecular weight excluding hydrogens is 170 g/mol. The zero-order valence-corrected chi connectivity index (χ0v) is 7.82. The van der Waals surface area contributed by atoms with Crippen molar-refractivity contribution in [3.8, 4) is 0 Å². The number of hydrogen-bond donors (Lipinski definition) is 4. The van der Waals surface area contributed by atoms with Crippen molar-refractivity contribution in [2.24, 2.45) is 5.73 Å². The third kappa shape index (κ3) is 2.18. The van der Waals surface area contributed by atoms with Gasteiger partial charge in [-0.1, -0.05) is 0 Å². The number of β-amino-alcohol motifs (C(OH)–C–C–N with tert-alkyl or cyclic N) is 1. The first kappa shape index (κ1) is 10.4. The maximum Gasteiger partial charge on any atom is 0.108 e. The summed E-state index contributed by atoms with van der Waals surface area (Å²) in [6, 6.07) is -0.152. The molecular formula is C8H17N3O2. The fourth-order valence-corrected chi connectivity index (χ4v) is 1.54. The number of nitrogens with two attached hydrogens (primary N) is 1. The van der Waals surface area contributed by atoms with Crippen LogP contribution in [0.4, 0.5) is 0 Å². The van der Waals surface area contributed by atoms with Crippen LogP contribution in [0.25, 0.3) is 0 Å². The van der Waals surface area contributed by atoms with Gasteiger partial charge in [-0.3, -0.25) is 10.3 Å². The third-order valence-corrected chi connectivity index (χ3v) is 2.65. The molecule has 1 rings (SSSR count). The molecule has 1 heterocycles. The highest BCUT2D eigenvalue weighted by Crippen LogP contribution is 2.22. The van der Waals surface area contributed by atoms with E-state index in [-0.39, 0.29) is 18.5 Å². The molecule has 0 aromatic heterocycles. The average molecular weight is 187 g/mol. The van der Waals surface area contributed by atoms with Gasteiger partial charge in [0.15, 0.2) is 0 Å². The Morgan fingerprint density at radius 1 is 1.77 bits per heavy atom. The van der Waals surface area contributed by atoms with Gasteiger partial charge in [-0.15, -0.1) is 0 Å². The first-order valence-electron chi connectivity index (χ1n) is 4.40. The van der Waals surface area contributed by atoms with Crippen LogP contribution >= 0.6 is 0 Å². The van der Waals surface area contributed by atoms with Gasteiger partial charge in [-0.05, 0) is 13.3 Å². The lowest BCUT2D eigenvalue weighted by atomic mass is 10.1. The predicted octanol–water partition coefficient (Wildman–Crippen LogP) is -1.26. The Balaban J connectivity index is 2.54. The average Bonchev–Trinajstić information content (AvgIpc) is 2.47. The highest BCUT2D eigenvalue weighted by atomic mass is 16.3. The number of hydrogen-bond acceptors (Lipinski definition) is 4. The first-order chi connectivity index (χ1) is 5.98. The van der Waals surface area contributed by atoms with Crippen LogP contribution in [-0.2, 0) is 0 Å². The SMILES string of the molecule is CC(C(=N)N)N1CCC(O)(CO)C1. The first-order valence-corrected chi connectivity index (χ1v) is 4.40. The number of nitrogens with one attached hydrogen (secondary N) is 1. The summed E-state index contributed by atoms with van der Waals surface area (Å²) < 4.78 is 0. The Kier molecular flexibility index (Phi) is 2.90. The van der Waals surface area contributed by atoms with E-state index in [1.165, 1.54) is 0 Å². The van der Waals surface area contributed by atoms with Gasteiger partial charge in [0.2, 0.25) is 0 Å². The van der Waals surface area contributed by atoms with E-state index in [0.29, 0.717) is 19.5 Å². The molecule has 0 bridgehead atoms. The van der Waals surface area contributed by atoms with E-state index in [2.05, 4.69) is 0 Å². The summed E-state index contributed by atoms with van der Waals surface area (Å²) in [7, 11) is 0. The summed E-state index contributed by atoms with van der Waals surface area (Å²) in [5, 5.41) is 25.8. The van der Waals surface area contributed by atoms with Crippen molar-refractivity contribution in [1.29, 1.82) is 5.41 Å². The monoisotopic (exact) mass is 187 g/mol. The number of aliphatic hydroxyl groups excluding tert-OH is 1. The molecule has 0 amide bonds. The van der Waals surface area contributed by atoms with Crippen LogP contribution in [0.2, 0.25) is 0 Å². The summed E-state index contributed by atoms with van der Waals surface area (Å²) in [5.74, 6) is 0.0992. The van der Waals surface area contributed by atoms with Gasteiger partial charge in [-0.2, -0.15) is 0 Å². The van der Waals surface area contributed by atoms with E-state index in [0.717, 1.165) is 0 Å². The lowest BCUT2D eigenvalue weighted by Gasteiger charge is -2.25. The maximum absolute atomic E-state index is 9.70. The Hall–Kier alpha value is -0.650. The zero-order chi connectivity index (χ0) is 10.1. The molecule has 0 aliphatic carbocycles. The molecule has 1 aliphatic heterocycles. The van der Waals surface area contributed by atoms with Gasteiger partial charge in [0.25, 0.3) is 0 Å². The fourth-order valence-electron chi connectivity index (χ4n) is 1.54. The maximum atomic E-state index is 9.70. The van der Waals surface area contributed by atoms with Crippen molar-refractivity contribution in [1.82, 2.24) is 4.90 Å². The van der Waals surface area contributed by atoms with Crippen molar-refractivity contribution >= 4 is 5.84 Å². The second-order valence-corrected chi connectivity index (χ2v) is 3.73. The minimum Gasteiger partial charge on any atom is -0.393 e. The number of rotatable bonds is 3. The van der Waals surface area contributed by atoms with E-state index in [1.807, 2.05) is 11.8 Å². The topological polar surface area (TPSA) is 93.6 Å². The number of likely N-dealkylation sites (tertiary alicyclic amines) is 1. The van der Waals surface area contributed by atoms with Gasteiger partial charge in [0, 0.05) is 13.1 Å². The number of nitrogens with zero attached hydrogens (tertiary/aromatic N) is 1. The van der Waals surface area contributed by atoms with Gasteiger partial charge >= 0.3 is 0 Å². The lowest BCUT2D eigenvalue weighted by molar-refractivity contribution is -0.00619. The quantitative estimate of drug-likeness (QED) is 0.328. The molecule has 5 nitrogen and oxygen atoms in total. The van der Waals surface area contributed by atoms with Crippen molar-refractivity contribution < 1.29 is 10.2 Å². The fraction of sp³-hybridized carbons (Fsp3) is 0.875. The van der Waals surface area contributed by atoms with E-state index in [1.54, 1.807) is 0 Å². The predicted molar refractivity (Wildman–Crippen MR) is 49.6 cm³/mol. The molecule has 0 radical (unpaired) electrons. The van der Waals surface area contributed by atoms with E-state index in [9.17, 15) is 5.11 Å². The molecule has 0 saturated carbocycles. The van der Waals surface area contributed by atoms with E-state index < -0.39 is 5.60 Å². The summed E-state index contributed by atoms with van der Waals surface area (Å²) in [6.07, 6.45) is 0.543. The summed E-state index contributed by atoms with van der Waals surface area (Å²) in [6.45, 7) is 2.67. The number of amidine groups is 1. The Bertz CT molecular complexity index is 210. The zero-order valence-electron chi connectivity index (χ0n) is 7.82. The van der Waals surface area contributed by atoms with Crippen LogP contribution < -0.4 is 5.73 Å². The molecule has 2 unspecified atom stereocenters. The standard InChI is InChI=1S/C8H17N3O2/c1-6(7(9)10)11-3-2-8(13,4-11)5-12/h6,12-13H,2-5H2,1H3,(H3,9,10). The van der Waals surface area contributed by atoms with Crippen LogP contribution in [0.15, 0.2) is 0 Å². The normalized spacial score (nSPS) is 31.9. The summed E-state index contributed by atoms with van der Waals surface area (Å²) in [4.78, 5) is 1.90. The molecule has 76 valence electrons. The highest BCUT2D eigenvalue weighted by Gasteiger charge is 2.37. The Morgan fingerprint density at radius 2 is 2.38 bits per heavy atom. The minimum atomic E-state index is -0.996.